The first-order chi connectivity index (χ1) is 13.4. The molecule has 28 heavy (non-hydrogen) atoms. The molecule has 0 bridgehead atoms. The second-order valence-electron chi connectivity index (χ2n) is 5.94. The first-order valence-electron chi connectivity index (χ1n) is 8.37. The second kappa shape index (κ2) is 8.26. The highest BCUT2D eigenvalue weighted by atomic mass is 32.2. The van der Waals surface area contributed by atoms with E-state index in [0.717, 1.165) is 12.1 Å². The van der Waals surface area contributed by atoms with Gasteiger partial charge in [-0.25, -0.2) is 12.8 Å². The topological polar surface area (TPSA) is 85.6 Å². The summed E-state index contributed by atoms with van der Waals surface area (Å²) in [5, 5.41) is 1.45. The molecule has 1 heterocycles. The number of sulfone groups is 1. The van der Waals surface area contributed by atoms with Crippen molar-refractivity contribution in [2.45, 2.75) is 10.1 Å². The van der Waals surface area contributed by atoms with Crippen molar-refractivity contribution in [1.29, 1.82) is 0 Å². The number of methoxy groups -OCH3 is 1. The lowest BCUT2D eigenvalue weighted by Crippen LogP contribution is -2.31. The molecule has 0 saturated heterocycles. The third-order valence-electron chi connectivity index (χ3n) is 4.16. The van der Waals surface area contributed by atoms with Gasteiger partial charge in [-0.05, 0) is 54.6 Å². The van der Waals surface area contributed by atoms with Crippen LogP contribution in [0.5, 0.6) is 5.75 Å². The summed E-state index contributed by atoms with van der Waals surface area (Å²) >= 11 is 0. The largest absolute Gasteiger partial charge is 0.497 e. The molecule has 0 spiro atoms. The zero-order valence-electron chi connectivity index (χ0n) is 15.0. The molecule has 3 rings (SSSR count). The standard InChI is InChI=1S/C20H18FNO5S/c1-26-16-5-2-4-14(12-16)20(23)22-13-19(18-6-3-11-27-18)28(24,25)17-9-7-15(21)8-10-17/h2-12,19H,13H2,1H3,(H,22,23)/t19-/m1/s1. The SMILES string of the molecule is COc1cccc(C(=O)NC[C@H](c2ccco2)S(=O)(=O)c2ccc(F)cc2)c1. The Kier molecular flexibility index (Phi) is 5.79. The summed E-state index contributed by atoms with van der Waals surface area (Å²) in [6.45, 7) is -0.219. The molecule has 2 aromatic carbocycles. The van der Waals surface area contributed by atoms with Gasteiger partial charge in [-0.2, -0.15) is 0 Å². The van der Waals surface area contributed by atoms with E-state index in [-0.39, 0.29) is 17.2 Å². The van der Waals surface area contributed by atoms with Crippen LogP contribution in [-0.2, 0) is 9.84 Å². The number of benzene rings is 2. The van der Waals surface area contributed by atoms with E-state index in [1.807, 2.05) is 0 Å². The highest BCUT2D eigenvalue weighted by Crippen LogP contribution is 2.29. The Balaban J connectivity index is 1.85. The molecule has 3 aromatic rings. The van der Waals surface area contributed by atoms with Crippen LogP contribution in [-0.4, -0.2) is 28.0 Å². The van der Waals surface area contributed by atoms with Crippen molar-refractivity contribution in [2.24, 2.45) is 0 Å². The molecule has 0 radical (unpaired) electrons. The van der Waals surface area contributed by atoms with E-state index in [1.54, 1.807) is 30.3 Å². The normalized spacial score (nSPS) is 12.4. The van der Waals surface area contributed by atoms with Crippen molar-refractivity contribution in [3.63, 3.8) is 0 Å². The van der Waals surface area contributed by atoms with E-state index in [4.69, 9.17) is 9.15 Å². The molecule has 0 fully saturated rings. The van der Waals surface area contributed by atoms with Crippen LogP contribution in [0.1, 0.15) is 21.4 Å². The number of carbonyl (C=O) groups excluding carboxylic acids is 1. The van der Waals surface area contributed by atoms with Crippen LogP contribution in [0, 0.1) is 5.82 Å². The molecule has 1 aromatic heterocycles. The molecule has 8 heteroatoms. The van der Waals surface area contributed by atoms with E-state index in [1.165, 1.54) is 31.6 Å². The third-order valence-corrected chi connectivity index (χ3v) is 6.23. The van der Waals surface area contributed by atoms with Crippen LogP contribution in [0.4, 0.5) is 4.39 Å². The summed E-state index contributed by atoms with van der Waals surface area (Å²) in [6.07, 6.45) is 1.35. The highest BCUT2D eigenvalue weighted by molar-refractivity contribution is 7.91. The molecule has 0 aliphatic carbocycles. The zero-order chi connectivity index (χ0) is 20.1. The molecule has 0 aliphatic rings. The Hall–Kier alpha value is -3.13. The van der Waals surface area contributed by atoms with Gasteiger partial charge in [0.05, 0.1) is 18.3 Å². The number of amides is 1. The number of halogens is 1. The predicted octanol–water partition coefficient (Wildman–Crippen LogP) is 3.37. The molecule has 1 amide bonds. The minimum absolute atomic E-state index is 0.0640. The van der Waals surface area contributed by atoms with Crippen molar-refractivity contribution in [3.8, 4) is 5.75 Å². The lowest BCUT2D eigenvalue weighted by Gasteiger charge is -2.17. The summed E-state index contributed by atoms with van der Waals surface area (Å²) in [5.41, 5.74) is 0.330. The van der Waals surface area contributed by atoms with Crippen LogP contribution in [0.15, 0.2) is 76.2 Å². The van der Waals surface area contributed by atoms with Crippen LogP contribution in [0.25, 0.3) is 0 Å². The molecular formula is C20H18FNO5S. The van der Waals surface area contributed by atoms with Crippen molar-refractivity contribution >= 4 is 15.7 Å². The number of hydrogen-bond donors (Lipinski definition) is 1. The average molecular weight is 403 g/mol. The summed E-state index contributed by atoms with van der Waals surface area (Å²) in [4.78, 5) is 12.4. The first kappa shape index (κ1) is 19.6. The fourth-order valence-corrected chi connectivity index (χ4v) is 4.26. The van der Waals surface area contributed by atoms with Crippen molar-refractivity contribution in [1.82, 2.24) is 5.32 Å². The Morgan fingerprint density at radius 1 is 1.14 bits per heavy atom. The molecular weight excluding hydrogens is 385 g/mol. The maximum Gasteiger partial charge on any atom is 0.251 e. The fourth-order valence-electron chi connectivity index (χ4n) is 2.68. The number of nitrogens with one attached hydrogen (secondary N) is 1. The molecule has 0 aliphatic heterocycles. The van der Waals surface area contributed by atoms with Gasteiger partial charge in [-0.1, -0.05) is 6.07 Å². The quantitative estimate of drug-likeness (QED) is 0.612. The number of furan rings is 1. The number of ether oxygens (including phenoxy) is 1. The van der Waals surface area contributed by atoms with Crippen LogP contribution >= 0.6 is 0 Å². The summed E-state index contributed by atoms with van der Waals surface area (Å²) in [5.74, 6) is -0.311. The Labute approximate surface area is 161 Å². The van der Waals surface area contributed by atoms with Crippen molar-refractivity contribution in [3.05, 3.63) is 84.1 Å². The van der Waals surface area contributed by atoms with E-state index in [2.05, 4.69) is 5.32 Å². The van der Waals surface area contributed by atoms with Gasteiger partial charge >= 0.3 is 0 Å². The van der Waals surface area contributed by atoms with Gasteiger partial charge < -0.3 is 14.5 Å². The maximum absolute atomic E-state index is 13.2. The van der Waals surface area contributed by atoms with Crippen LogP contribution in [0.3, 0.4) is 0 Å². The second-order valence-corrected chi connectivity index (χ2v) is 8.08. The predicted molar refractivity (Wildman–Crippen MR) is 100 cm³/mol. The first-order valence-corrected chi connectivity index (χ1v) is 9.91. The van der Waals surface area contributed by atoms with Crippen molar-refractivity contribution < 1.29 is 26.8 Å². The maximum atomic E-state index is 13.2. The van der Waals surface area contributed by atoms with E-state index in [0.29, 0.717) is 11.3 Å². The van der Waals surface area contributed by atoms with Gasteiger partial charge in [-0.3, -0.25) is 4.79 Å². The summed E-state index contributed by atoms with van der Waals surface area (Å²) in [6, 6.07) is 14.1. The highest BCUT2D eigenvalue weighted by Gasteiger charge is 2.32. The number of rotatable bonds is 7. The van der Waals surface area contributed by atoms with Crippen LogP contribution < -0.4 is 10.1 Å². The fraction of sp³-hybridized carbons (Fsp3) is 0.150. The Morgan fingerprint density at radius 2 is 1.89 bits per heavy atom. The van der Waals surface area contributed by atoms with E-state index < -0.39 is 26.8 Å². The lowest BCUT2D eigenvalue weighted by atomic mass is 10.2. The monoisotopic (exact) mass is 403 g/mol. The number of hydrogen-bond acceptors (Lipinski definition) is 5. The lowest BCUT2D eigenvalue weighted by molar-refractivity contribution is 0.0953. The van der Waals surface area contributed by atoms with Crippen molar-refractivity contribution in [2.75, 3.05) is 13.7 Å². The minimum Gasteiger partial charge on any atom is -0.497 e. The molecule has 1 N–H and O–H groups in total. The Bertz CT molecular complexity index is 1050. The average Bonchev–Trinajstić information content (AvgIpc) is 3.22. The van der Waals surface area contributed by atoms with Gasteiger partial charge in [0.1, 0.15) is 22.6 Å². The zero-order valence-corrected chi connectivity index (χ0v) is 15.8. The molecule has 0 saturated carbocycles. The third kappa shape index (κ3) is 4.23. The minimum atomic E-state index is -3.93. The molecule has 0 unspecified atom stereocenters. The van der Waals surface area contributed by atoms with Gasteiger partial charge in [0.2, 0.25) is 0 Å². The van der Waals surface area contributed by atoms with E-state index >= 15 is 0 Å². The summed E-state index contributed by atoms with van der Waals surface area (Å²) < 4.78 is 49.6. The smallest absolute Gasteiger partial charge is 0.251 e. The number of carbonyl (C=O) groups is 1. The molecule has 6 nitrogen and oxygen atoms in total. The van der Waals surface area contributed by atoms with Crippen LogP contribution in [0.2, 0.25) is 0 Å². The van der Waals surface area contributed by atoms with Gasteiger partial charge in [0, 0.05) is 12.1 Å². The molecule has 146 valence electrons. The molecule has 1 atom stereocenters. The van der Waals surface area contributed by atoms with Gasteiger partial charge in [-0.15, -0.1) is 0 Å². The van der Waals surface area contributed by atoms with Gasteiger partial charge in [0.15, 0.2) is 9.84 Å². The summed E-state index contributed by atoms with van der Waals surface area (Å²) in [7, 11) is -2.45. The van der Waals surface area contributed by atoms with E-state index in [9.17, 15) is 17.6 Å². The van der Waals surface area contributed by atoms with Gasteiger partial charge in [0.25, 0.3) is 5.91 Å². The Morgan fingerprint density at radius 3 is 2.54 bits per heavy atom.